The molecule has 0 radical (unpaired) electrons. The molecule has 2 aliphatic rings. The fourth-order valence-corrected chi connectivity index (χ4v) is 4.81. The Morgan fingerprint density at radius 2 is 1.74 bits per heavy atom. The van der Waals surface area contributed by atoms with Gasteiger partial charge in [0.25, 0.3) is 0 Å². The Morgan fingerprint density at radius 3 is 2.41 bits per heavy atom. The van der Waals surface area contributed by atoms with Crippen molar-refractivity contribution in [2.75, 3.05) is 70.2 Å². The zero-order valence-corrected chi connectivity index (χ0v) is 16.5. The first kappa shape index (κ1) is 19.9. The van der Waals surface area contributed by atoms with Crippen LogP contribution >= 0.6 is 0 Å². The van der Waals surface area contributed by atoms with Gasteiger partial charge in [-0.3, -0.25) is 4.79 Å². The van der Waals surface area contributed by atoms with Gasteiger partial charge in [-0.25, -0.2) is 8.42 Å². The molecule has 8 nitrogen and oxygen atoms in total. The van der Waals surface area contributed by atoms with Crippen LogP contribution < -0.4 is 9.64 Å². The van der Waals surface area contributed by atoms with Crippen molar-refractivity contribution >= 4 is 21.6 Å². The van der Waals surface area contributed by atoms with Crippen molar-refractivity contribution in [2.45, 2.75) is 6.42 Å². The van der Waals surface area contributed by atoms with Crippen molar-refractivity contribution < 1.29 is 22.7 Å². The summed E-state index contributed by atoms with van der Waals surface area (Å²) in [4.78, 5) is 16.4. The number of sulfonamides is 1. The second kappa shape index (κ2) is 8.90. The zero-order valence-electron chi connectivity index (χ0n) is 15.7. The normalized spacial score (nSPS) is 19.1. The van der Waals surface area contributed by atoms with Crippen molar-refractivity contribution in [3.05, 3.63) is 24.3 Å². The Balaban J connectivity index is 1.50. The van der Waals surface area contributed by atoms with Gasteiger partial charge in [0.1, 0.15) is 5.75 Å². The molecule has 27 heavy (non-hydrogen) atoms. The number of hydrogen-bond donors (Lipinski definition) is 0. The summed E-state index contributed by atoms with van der Waals surface area (Å²) < 4.78 is 36.7. The van der Waals surface area contributed by atoms with Crippen LogP contribution in [0.1, 0.15) is 6.42 Å². The predicted molar refractivity (Wildman–Crippen MR) is 103 cm³/mol. The summed E-state index contributed by atoms with van der Waals surface area (Å²) in [5.74, 6) is 0.568. The first-order valence-electron chi connectivity index (χ1n) is 9.22. The quantitative estimate of drug-likeness (QED) is 0.691. The van der Waals surface area contributed by atoms with E-state index < -0.39 is 10.0 Å². The molecule has 2 fully saturated rings. The molecule has 150 valence electrons. The molecular formula is C18H27N3O5S. The van der Waals surface area contributed by atoms with Gasteiger partial charge in [-0.2, -0.15) is 4.31 Å². The van der Waals surface area contributed by atoms with Gasteiger partial charge in [0.15, 0.2) is 0 Å². The fraction of sp³-hybridized carbons (Fsp3) is 0.611. The third kappa shape index (κ3) is 4.91. The number of rotatable bonds is 6. The number of methoxy groups -OCH3 is 1. The molecule has 2 heterocycles. The minimum Gasteiger partial charge on any atom is -0.495 e. The van der Waals surface area contributed by atoms with Crippen LogP contribution in [0, 0.1) is 0 Å². The van der Waals surface area contributed by atoms with Crippen LogP contribution in [0.4, 0.5) is 5.69 Å². The lowest BCUT2D eigenvalue weighted by Crippen LogP contribution is -2.49. The molecule has 0 bridgehead atoms. The number of amides is 1. The highest BCUT2D eigenvalue weighted by Gasteiger charge is 2.27. The molecule has 0 aliphatic carbocycles. The zero-order chi connectivity index (χ0) is 19.3. The van der Waals surface area contributed by atoms with Crippen molar-refractivity contribution in [3.63, 3.8) is 0 Å². The average molecular weight is 397 g/mol. The Kier molecular flexibility index (Phi) is 6.56. The first-order chi connectivity index (χ1) is 13.0. The number of ether oxygens (including phenoxy) is 2. The number of nitrogens with zero attached hydrogens (tertiary/aromatic N) is 3. The number of benzene rings is 1. The number of piperazine rings is 1. The third-order valence-corrected chi connectivity index (χ3v) is 6.87. The van der Waals surface area contributed by atoms with Crippen molar-refractivity contribution in [3.8, 4) is 5.75 Å². The van der Waals surface area contributed by atoms with E-state index >= 15 is 0 Å². The van der Waals surface area contributed by atoms with E-state index in [-0.39, 0.29) is 18.1 Å². The number of morpholine rings is 1. The van der Waals surface area contributed by atoms with E-state index in [9.17, 15) is 13.2 Å². The average Bonchev–Trinajstić information content (AvgIpc) is 2.73. The second-order valence-electron chi connectivity index (χ2n) is 6.62. The molecule has 9 heteroatoms. The lowest BCUT2D eigenvalue weighted by Gasteiger charge is -2.36. The fourth-order valence-electron chi connectivity index (χ4n) is 3.42. The largest absolute Gasteiger partial charge is 0.495 e. The highest BCUT2D eigenvalue weighted by Crippen LogP contribution is 2.28. The number of carbonyl (C=O) groups excluding carboxylic acids is 1. The minimum absolute atomic E-state index is 0.0222. The van der Waals surface area contributed by atoms with Crippen LogP contribution in [0.15, 0.2) is 24.3 Å². The van der Waals surface area contributed by atoms with Gasteiger partial charge < -0.3 is 19.3 Å². The third-order valence-electron chi connectivity index (χ3n) is 5.00. The van der Waals surface area contributed by atoms with Gasteiger partial charge in [0.2, 0.25) is 15.9 Å². The summed E-state index contributed by atoms with van der Waals surface area (Å²) in [6, 6.07) is 7.82. The number of hydrogen-bond acceptors (Lipinski definition) is 6. The topological polar surface area (TPSA) is 79.4 Å². The molecule has 1 amide bonds. The van der Waals surface area contributed by atoms with Crippen molar-refractivity contribution in [1.82, 2.24) is 9.21 Å². The lowest BCUT2D eigenvalue weighted by atomic mass is 10.2. The van der Waals surface area contributed by atoms with Gasteiger partial charge >= 0.3 is 0 Å². The van der Waals surface area contributed by atoms with Gasteiger partial charge in [-0.05, 0) is 12.1 Å². The SMILES string of the molecule is COc1ccccc1N1CCN(C(=O)CCS(=O)(=O)N2CCOCC2)CC1. The molecule has 0 unspecified atom stereocenters. The molecule has 0 spiro atoms. The molecule has 1 aromatic rings. The highest BCUT2D eigenvalue weighted by molar-refractivity contribution is 7.89. The van der Waals surface area contributed by atoms with Crippen LogP contribution in [0.2, 0.25) is 0 Å². The molecule has 2 saturated heterocycles. The smallest absolute Gasteiger partial charge is 0.223 e. The predicted octanol–water partition coefficient (Wildman–Crippen LogP) is 0.396. The minimum atomic E-state index is -3.40. The Bertz CT molecular complexity index is 741. The summed E-state index contributed by atoms with van der Waals surface area (Å²) in [5, 5.41) is 0. The molecule has 0 N–H and O–H groups in total. The van der Waals surface area contributed by atoms with E-state index in [4.69, 9.17) is 9.47 Å². The summed E-state index contributed by atoms with van der Waals surface area (Å²) in [7, 11) is -1.75. The van der Waals surface area contributed by atoms with E-state index in [0.717, 1.165) is 11.4 Å². The Labute approximate surface area is 160 Å². The number of carbonyl (C=O) groups is 1. The summed E-state index contributed by atoms with van der Waals surface area (Å²) in [6.07, 6.45) is 0.0222. The summed E-state index contributed by atoms with van der Waals surface area (Å²) in [5.41, 5.74) is 1.02. The Morgan fingerprint density at radius 1 is 1.07 bits per heavy atom. The van der Waals surface area contributed by atoms with Crippen LogP contribution in [0.25, 0.3) is 0 Å². The van der Waals surface area contributed by atoms with Crippen molar-refractivity contribution in [2.24, 2.45) is 0 Å². The number of para-hydroxylation sites is 2. The van der Waals surface area contributed by atoms with E-state index in [1.54, 1.807) is 12.0 Å². The molecular weight excluding hydrogens is 370 g/mol. The molecule has 0 aromatic heterocycles. The second-order valence-corrected chi connectivity index (χ2v) is 8.71. The maximum Gasteiger partial charge on any atom is 0.223 e. The maximum absolute atomic E-state index is 12.5. The summed E-state index contributed by atoms with van der Waals surface area (Å²) in [6.45, 7) is 4.12. The van der Waals surface area contributed by atoms with Gasteiger partial charge in [-0.1, -0.05) is 12.1 Å². The first-order valence-corrected chi connectivity index (χ1v) is 10.8. The summed E-state index contributed by atoms with van der Waals surface area (Å²) >= 11 is 0. The molecule has 0 saturated carbocycles. The Hall–Kier alpha value is -1.84. The van der Waals surface area contributed by atoms with E-state index in [0.29, 0.717) is 52.5 Å². The van der Waals surface area contributed by atoms with E-state index in [1.165, 1.54) is 4.31 Å². The van der Waals surface area contributed by atoms with E-state index in [1.807, 2.05) is 24.3 Å². The highest BCUT2D eigenvalue weighted by atomic mass is 32.2. The van der Waals surface area contributed by atoms with E-state index in [2.05, 4.69) is 4.90 Å². The van der Waals surface area contributed by atoms with Crippen LogP contribution in [-0.4, -0.2) is 88.9 Å². The maximum atomic E-state index is 12.5. The van der Waals surface area contributed by atoms with Gasteiger partial charge in [0.05, 0.1) is 31.8 Å². The lowest BCUT2D eigenvalue weighted by molar-refractivity contribution is -0.131. The molecule has 1 aromatic carbocycles. The van der Waals surface area contributed by atoms with Crippen LogP contribution in [0.3, 0.4) is 0 Å². The van der Waals surface area contributed by atoms with Gasteiger partial charge in [-0.15, -0.1) is 0 Å². The molecule has 0 atom stereocenters. The van der Waals surface area contributed by atoms with Crippen molar-refractivity contribution in [1.29, 1.82) is 0 Å². The van der Waals surface area contributed by atoms with Crippen LogP contribution in [-0.2, 0) is 19.6 Å². The molecule has 2 aliphatic heterocycles. The molecule has 3 rings (SSSR count). The standard InChI is InChI=1S/C18H27N3O5S/c1-25-17-5-3-2-4-16(17)19-7-9-20(10-8-19)18(22)6-15-27(23,24)21-11-13-26-14-12-21/h2-5H,6-15H2,1H3. The monoisotopic (exact) mass is 397 g/mol. The number of anilines is 1. The van der Waals surface area contributed by atoms with Crippen LogP contribution in [0.5, 0.6) is 5.75 Å². The van der Waals surface area contributed by atoms with Gasteiger partial charge in [0, 0.05) is 45.7 Å².